The molecule has 0 saturated carbocycles. The van der Waals surface area contributed by atoms with Gasteiger partial charge in [0.15, 0.2) is 0 Å². The van der Waals surface area contributed by atoms with Crippen LogP contribution in [0.25, 0.3) is 0 Å². The Labute approximate surface area is 415 Å². The smallest absolute Gasteiger partial charge is 0.222 e. The molecule has 2 atom stereocenters. The number of nitroso groups, excluding NO2 is 1. The van der Waals surface area contributed by atoms with Crippen molar-refractivity contribution < 1.29 is 47.5 Å². The van der Waals surface area contributed by atoms with Gasteiger partial charge in [-0.3, -0.25) is 19.6 Å². The molecule has 2 amide bonds. The average molecular weight is 995 g/mol. The fourth-order valence-corrected chi connectivity index (χ4v) is 6.82. The molecule has 0 spiro atoms. The van der Waals surface area contributed by atoms with E-state index in [9.17, 15) is 14.5 Å². The fraction of sp³-hybridized carbons (Fsp3) is 0.451. The second-order valence-corrected chi connectivity index (χ2v) is 16.3. The van der Waals surface area contributed by atoms with Gasteiger partial charge in [-0.2, -0.15) is 0 Å². The van der Waals surface area contributed by atoms with Gasteiger partial charge in [0.05, 0.1) is 110 Å². The van der Waals surface area contributed by atoms with Gasteiger partial charge >= 0.3 is 0 Å². The van der Waals surface area contributed by atoms with Crippen LogP contribution in [0.3, 0.4) is 0 Å². The third kappa shape index (κ3) is 22.3. The normalized spacial score (nSPS) is 12.6. The monoisotopic (exact) mass is 993 g/mol. The molecule has 0 aliphatic heterocycles. The minimum Gasteiger partial charge on any atom is -0.497 e. The number of methoxy groups -OCH3 is 1. The number of rotatable bonds is 35. The first-order valence-electron chi connectivity index (χ1n) is 23.0. The lowest BCUT2D eigenvalue weighted by Crippen LogP contribution is -2.29. The van der Waals surface area contributed by atoms with Crippen LogP contribution < -0.4 is 20.1 Å². The third-order valence-corrected chi connectivity index (χ3v) is 10.4. The molecule has 4 aromatic rings. The Morgan fingerprint density at radius 1 is 0.551 bits per heavy atom. The van der Waals surface area contributed by atoms with Crippen molar-refractivity contribution in [1.29, 1.82) is 0 Å². The van der Waals surface area contributed by atoms with E-state index >= 15 is 0 Å². The quantitative estimate of drug-likeness (QED) is 0.0258. The summed E-state index contributed by atoms with van der Waals surface area (Å²) < 4.78 is 44.9. The van der Waals surface area contributed by atoms with E-state index in [4.69, 9.17) is 71.1 Å². The second kappa shape index (κ2) is 33.3. The van der Waals surface area contributed by atoms with E-state index < -0.39 is 6.04 Å². The van der Waals surface area contributed by atoms with Gasteiger partial charge in [0, 0.05) is 58.2 Å². The Hall–Kier alpha value is -5.30. The number of hydrogen-bond acceptors (Lipinski definition) is 14. The molecule has 0 unspecified atom stereocenters. The summed E-state index contributed by atoms with van der Waals surface area (Å²) in [5, 5.41) is 10.0. The van der Waals surface area contributed by atoms with Crippen LogP contribution in [0.15, 0.2) is 106 Å². The highest BCUT2D eigenvalue weighted by atomic mass is 35.5. The van der Waals surface area contributed by atoms with Crippen LogP contribution in [-0.4, -0.2) is 141 Å². The molecule has 0 aromatic heterocycles. The summed E-state index contributed by atoms with van der Waals surface area (Å²) in [6, 6.07) is 26.5. The van der Waals surface area contributed by atoms with Crippen LogP contribution in [0.4, 0.5) is 5.69 Å². The van der Waals surface area contributed by atoms with E-state index in [1.807, 2.05) is 69.3 Å². The zero-order valence-corrected chi connectivity index (χ0v) is 41.4. The number of amides is 2. The van der Waals surface area contributed by atoms with Gasteiger partial charge in [0.25, 0.3) is 0 Å². The predicted octanol–water partition coefficient (Wildman–Crippen LogP) is 8.06. The predicted molar refractivity (Wildman–Crippen MR) is 269 cm³/mol. The zero-order valence-electron chi connectivity index (χ0n) is 39.9. The molecule has 0 bridgehead atoms. The van der Waals surface area contributed by atoms with Gasteiger partial charge in [0.1, 0.15) is 23.8 Å². The topological polar surface area (TPSA) is 186 Å². The summed E-state index contributed by atoms with van der Waals surface area (Å²) in [5.41, 5.74) is 4.42. The number of carbonyl (C=O) groups is 2. The molecule has 374 valence electrons. The van der Waals surface area contributed by atoms with E-state index in [-0.39, 0.29) is 36.4 Å². The standard InChI is InChI=1S/C51H65Cl2N5O11/c1-5-54-48(59)33-37(2)56-50(39-9-13-42(52)14-10-39)41-7-6-8-45(35-41)69-32-31-68-30-29-67-28-27-66-26-25-65-24-23-64-22-21-63-20-19-55-49(60)34-38(3)57-51(40-11-15-43(53)16-12-40)46-36-44(62-4)17-18-47(46)58-61/h6-18,35-38H,5,19-34H2,1-4H3,(H,54,59)(H,55,60)/t37-,38-/m1/s1. The molecule has 4 rings (SSSR count). The minimum absolute atomic E-state index is 0.0408. The first-order valence-corrected chi connectivity index (χ1v) is 23.8. The summed E-state index contributed by atoms with van der Waals surface area (Å²) >= 11 is 12.3. The van der Waals surface area contributed by atoms with E-state index in [2.05, 4.69) is 15.8 Å². The molecular weight excluding hydrogens is 929 g/mol. The molecule has 0 fully saturated rings. The van der Waals surface area contributed by atoms with Crippen molar-refractivity contribution in [3.05, 3.63) is 128 Å². The summed E-state index contributed by atoms with van der Waals surface area (Å²) in [6.45, 7) is 11.8. The van der Waals surface area contributed by atoms with Gasteiger partial charge in [-0.25, -0.2) is 0 Å². The maximum absolute atomic E-state index is 12.7. The number of benzene rings is 4. The Morgan fingerprint density at radius 3 is 1.54 bits per heavy atom. The Bertz CT molecular complexity index is 2200. The molecule has 69 heavy (non-hydrogen) atoms. The van der Waals surface area contributed by atoms with Crippen LogP contribution in [0, 0.1) is 4.91 Å². The molecule has 0 heterocycles. The molecule has 0 aliphatic rings. The number of halogens is 2. The van der Waals surface area contributed by atoms with Gasteiger partial charge < -0.3 is 48.5 Å². The van der Waals surface area contributed by atoms with Crippen LogP contribution >= 0.6 is 23.2 Å². The summed E-state index contributed by atoms with van der Waals surface area (Å²) in [5.74, 6) is 0.995. The lowest BCUT2D eigenvalue weighted by atomic mass is 9.99. The highest BCUT2D eigenvalue weighted by Crippen LogP contribution is 2.29. The fourth-order valence-electron chi connectivity index (χ4n) is 6.57. The lowest BCUT2D eigenvalue weighted by molar-refractivity contribution is -0.122. The highest BCUT2D eigenvalue weighted by Gasteiger charge is 2.18. The molecule has 0 radical (unpaired) electrons. The van der Waals surface area contributed by atoms with Crippen molar-refractivity contribution in [3.8, 4) is 11.5 Å². The lowest BCUT2D eigenvalue weighted by Gasteiger charge is -2.14. The van der Waals surface area contributed by atoms with Crippen molar-refractivity contribution in [2.45, 2.75) is 45.7 Å². The number of carbonyl (C=O) groups excluding carboxylic acids is 2. The Morgan fingerprint density at radius 2 is 1.03 bits per heavy atom. The van der Waals surface area contributed by atoms with E-state index in [1.165, 1.54) is 7.11 Å². The van der Waals surface area contributed by atoms with Gasteiger partial charge in [-0.1, -0.05) is 59.6 Å². The molecule has 18 heteroatoms. The summed E-state index contributed by atoms with van der Waals surface area (Å²) in [4.78, 5) is 46.2. The van der Waals surface area contributed by atoms with Gasteiger partial charge in [-0.05, 0) is 80.5 Å². The van der Waals surface area contributed by atoms with Crippen molar-refractivity contribution in [3.63, 3.8) is 0 Å². The Kier molecular flexibility index (Phi) is 27.1. The van der Waals surface area contributed by atoms with Crippen molar-refractivity contribution in [2.75, 3.05) is 106 Å². The largest absolute Gasteiger partial charge is 0.497 e. The first kappa shape index (κ1) is 56.3. The second-order valence-electron chi connectivity index (χ2n) is 15.4. The van der Waals surface area contributed by atoms with E-state index in [0.29, 0.717) is 137 Å². The summed E-state index contributed by atoms with van der Waals surface area (Å²) in [6.07, 6.45) is 0.403. The molecule has 2 N–H and O–H groups in total. The molecular formula is C51H65Cl2N5O11. The number of nitrogens with zero attached hydrogens (tertiary/aromatic N) is 3. The van der Waals surface area contributed by atoms with Crippen molar-refractivity contribution in [1.82, 2.24) is 10.6 Å². The van der Waals surface area contributed by atoms with Gasteiger partial charge in [-0.15, -0.1) is 4.91 Å². The molecule has 0 aliphatic carbocycles. The van der Waals surface area contributed by atoms with E-state index in [1.54, 1.807) is 42.5 Å². The number of ether oxygens (including phenoxy) is 8. The average Bonchev–Trinajstić information content (AvgIpc) is 3.34. The minimum atomic E-state index is -0.417. The third-order valence-electron chi connectivity index (χ3n) is 9.86. The molecule has 0 saturated heterocycles. The van der Waals surface area contributed by atoms with Crippen LogP contribution in [0.1, 0.15) is 55.9 Å². The van der Waals surface area contributed by atoms with Crippen LogP contribution in [0.5, 0.6) is 11.5 Å². The Balaban J connectivity index is 0.969. The first-order chi connectivity index (χ1) is 33.6. The highest BCUT2D eigenvalue weighted by molar-refractivity contribution is 6.31. The van der Waals surface area contributed by atoms with E-state index in [0.717, 1.165) is 16.8 Å². The molecule has 4 aromatic carbocycles. The number of hydrogen-bond donors (Lipinski definition) is 2. The van der Waals surface area contributed by atoms with Crippen LogP contribution in [-0.2, 0) is 38.0 Å². The number of aliphatic imine (C=N–C) groups is 2. The van der Waals surface area contributed by atoms with Crippen LogP contribution in [0.2, 0.25) is 10.0 Å². The zero-order chi connectivity index (χ0) is 49.5. The maximum Gasteiger partial charge on any atom is 0.222 e. The SMILES string of the molecule is CCNC(=O)C[C@@H](C)N=C(c1ccc(Cl)cc1)c1cccc(OCCOCCOCCOCCOCCOCCOCCNC(=O)C[C@@H](C)N=C(c2ccc(Cl)cc2)c2cc(OC)ccc2N=O)c1. The molecule has 16 nitrogen and oxygen atoms in total. The van der Waals surface area contributed by atoms with Crippen molar-refractivity contribution >= 4 is 52.1 Å². The maximum atomic E-state index is 12.7. The van der Waals surface area contributed by atoms with Crippen molar-refractivity contribution in [2.24, 2.45) is 15.2 Å². The van der Waals surface area contributed by atoms with Gasteiger partial charge in [0.2, 0.25) is 11.8 Å². The number of nitrogens with one attached hydrogen (secondary N) is 2. The summed E-state index contributed by atoms with van der Waals surface area (Å²) in [7, 11) is 1.53.